The van der Waals surface area contributed by atoms with Crippen molar-refractivity contribution in [2.75, 3.05) is 12.3 Å². The minimum atomic E-state index is -0.102. The molecule has 0 spiro atoms. The van der Waals surface area contributed by atoms with Crippen molar-refractivity contribution in [1.29, 1.82) is 0 Å². The lowest BCUT2D eigenvalue weighted by Gasteiger charge is -2.13. The van der Waals surface area contributed by atoms with Crippen molar-refractivity contribution in [1.82, 2.24) is 5.32 Å². The molecule has 4 nitrogen and oxygen atoms in total. The summed E-state index contributed by atoms with van der Waals surface area (Å²) < 4.78 is 5.39. The van der Waals surface area contributed by atoms with Crippen molar-refractivity contribution < 1.29 is 9.53 Å². The average molecular weight is 250 g/mol. The SMILES string of the molecule is CCCC(C)NC(=O)COc1ccc(C)c(N)c1. The van der Waals surface area contributed by atoms with Crippen LogP contribution in [-0.4, -0.2) is 18.6 Å². The summed E-state index contributed by atoms with van der Waals surface area (Å²) in [5, 5.41) is 2.88. The van der Waals surface area contributed by atoms with Gasteiger partial charge in [-0.1, -0.05) is 19.4 Å². The molecular formula is C14H22N2O2. The second kappa shape index (κ2) is 6.89. The van der Waals surface area contributed by atoms with Gasteiger partial charge in [0.2, 0.25) is 0 Å². The fraction of sp³-hybridized carbons (Fsp3) is 0.500. The van der Waals surface area contributed by atoms with Crippen LogP contribution in [0.25, 0.3) is 0 Å². The van der Waals surface area contributed by atoms with Crippen LogP contribution < -0.4 is 15.8 Å². The van der Waals surface area contributed by atoms with Crippen molar-refractivity contribution in [2.24, 2.45) is 0 Å². The van der Waals surface area contributed by atoms with Crippen LogP contribution in [0.3, 0.4) is 0 Å². The molecule has 1 aromatic carbocycles. The van der Waals surface area contributed by atoms with Crippen LogP contribution in [0.2, 0.25) is 0 Å². The Bertz CT molecular complexity index is 405. The first-order valence-electron chi connectivity index (χ1n) is 6.31. The number of nitrogens with two attached hydrogens (primary N) is 1. The second-order valence-corrected chi connectivity index (χ2v) is 4.56. The van der Waals surface area contributed by atoms with Gasteiger partial charge in [0.1, 0.15) is 5.75 Å². The lowest BCUT2D eigenvalue weighted by atomic mass is 10.2. The number of amides is 1. The number of nitrogens with one attached hydrogen (secondary N) is 1. The minimum Gasteiger partial charge on any atom is -0.484 e. The maximum atomic E-state index is 11.6. The maximum absolute atomic E-state index is 11.6. The number of carbonyl (C=O) groups excluding carboxylic acids is 1. The molecule has 1 atom stereocenters. The molecule has 1 unspecified atom stereocenters. The van der Waals surface area contributed by atoms with E-state index in [9.17, 15) is 4.79 Å². The van der Waals surface area contributed by atoms with Gasteiger partial charge in [0.25, 0.3) is 5.91 Å². The number of hydrogen-bond acceptors (Lipinski definition) is 3. The van der Waals surface area contributed by atoms with Gasteiger partial charge in [0.05, 0.1) is 0 Å². The Morgan fingerprint density at radius 3 is 2.83 bits per heavy atom. The first-order valence-corrected chi connectivity index (χ1v) is 6.31. The van der Waals surface area contributed by atoms with Gasteiger partial charge in [0.15, 0.2) is 6.61 Å². The van der Waals surface area contributed by atoms with Crippen LogP contribution in [0.4, 0.5) is 5.69 Å². The Labute approximate surface area is 109 Å². The number of hydrogen-bond donors (Lipinski definition) is 2. The zero-order chi connectivity index (χ0) is 13.5. The normalized spacial score (nSPS) is 11.9. The Hall–Kier alpha value is -1.71. The Morgan fingerprint density at radius 2 is 2.22 bits per heavy atom. The molecule has 100 valence electrons. The number of aryl methyl sites for hydroxylation is 1. The molecule has 1 amide bonds. The van der Waals surface area contributed by atoms with Gasteiger partial charge >= 0.3 is 0 Å². The third kappa shape index (κ3) is 4.65. The summed E-state index contributed by atoms with van der Waals surface area (Å²) in [6.45, 7) is 6.04. The Balaban J connectivity index is 2.40. The molecule has 18 heavy (non-hydrogen) atoms. The number of carbonyl (C=O) groups is 1. The van der Waals surface area contributed by atoms with Crippen LogP contribution in [-0.2, 0) is 4.79 Å². The molecule has 0 aliphatic carbocycles. The van der Waals surface area contributed by atoms with Crippen LogP contribution >= 0.6 is 0 Å². The summed E-state index contributed by atoms with van der Waals surface area (Å²) in [4.78, 5) is 11.6. The molecule has 0 aliphatic rings. The van der Waals surface area contributed by atoms with Crippen LogP contribution in [0.15, 0.2) is 18.2 Å². The van der Waals surface area contributed by atoms with E-state index in [-0.39, 0.29) is 18.6 Å². The van der Waals surface area contributed by atoms with Crippen molar-refractivity contribution in [2.45, 2.75) is 39.7 Å². The van der Waals surface area contributed by atoms with Crippen LogP contribution in [0, 0.1) is 6.92 Å². The summed E-state index contributed by atoms with van der Waals surface area (Å²) in [7, 11) is 0. The van der Waals surface area contributed by atoms with Crippen molar-refractivity contribution >= 4 is 11.6 Å². The van der Waals surface area contributed by atoms with Crippen LogP contribution in [0.5, 0.6) is 5.75 Å². The van der Waals surface area contributed by atoms with Gasteiger partial charge in [-0.3, -0.25) is 4.79 Å². The van der Waals surface area contributed by atoms with E-state index in [4.69, 9.17) is 10.5 Å². The van der Waals surface area contributed by atoms with E-state index in [1.807, 2.05) is 26.0 Å². The van der Waals surface area contributed by atoms with Crippen molar-refractivity contribution in [3.63, 3.8) is 0 Å². The minimum absolute atomic E-state index is 0.0244. The quantitative estimate of drug-likeness (QED) is 0.761. The predicted octanol–water partition coefficient (Wildman–Crippen LogP) is 2.26. The van der Waals surface area contributed by atoms with Gasteiger partial charge in [-0.05, 0) is 31.9 Å². The second-order valence-electron chi connectivity index (χ2n) is 4.56. The molecule has 0 heterocycles. The first kappa shape index (κ1) is 14.4. The van der Waals surface area contributed by atoms with Gasteiger partial charge < -0.3 is 15.8 Å². The Morgan fingerprint density at radius 1 is 1.50 bits per heavy atom. The summed E-state index contributed by atoms with van der Waals surface area (Å²) in [5.41, 5.74) is 7.44. The van der Waals surface area contributed by atoms with Gasteiger partial charge in [0, 0.05) is 17.8 Å². The summed E-state index contributed by atoms with van der Waals surface area (Å²) in [6.07, 6.45) is 2.03. The van der Waals surface area contributed by atoms with E-state index in [0.717, 1.165) is 18.4 Å². The number of ether oxygens (including phenoxy) is 1. The summed E-state index contributed by atoms with van der Waals surface area (Å²) >= 11 is 0. The molecule has 1 aromatic rings. The van der Waals surface area contributed by atoms with Gasteiger partial charge in [-0.15, -0.1) is 0 Å². The lowest BCUT2D eigenvalue weighted by Crippen LogP contribution is -2.35. The molecule has 0 radical (unpaired) electrons. The van der Waals surface area contributed by atoms with Crippen molar-refractivity contribution in [3.05, 3.63) is 23.8 Å². The van der Waals surface area contributed by atoms with E-state index < -0.39 is 0 Å². The topological polar surface area (TPSA) is 64.3 Å². The molecular weight excluding hydrogens is 228 g/mol. The standard InChI is InChI=1S/C14H22N2O2/c1-4-5-11(3)16-14(17)9-18-12-7-6-10(2)13(15)8-12/h6-8,11H,4-5,9,15H2,1-3H3,(H,16,17). The molecule has 0 saturated heterocycles. The van der Waals surface area contributed by atoms with Crippen molar-refractivity contribution in [3.8, 4) is 5.75 Å². The highest BCUT2D eigenvalue weighted by molar-refractivity contribution is 5.77. The molecule has 0 aromatic heterocycles. The molecule has 0 aliphatic heterocycles. The number of benzene rings is 1. The fourth-order valence-electron chi connectivity index (χ4n) is 1.68. The molecule has 0 fully saturated rings. The fourth-order valence-corrected chi connectivity index (χ4v) is 1.68. The van der Waals surface area contributed by atoms with E-state index >= 15 is 0 Å². The third-order valence-corrected chi connectivity index (χ3v) is 2.75. The van der Waals surface area contributed by atoms with E-state index in [1.54, 1.807) is 6.07 Å². The average Bonchev–Trinajstić information content (AvgIpc) is 2.31. The van der Waals surface area contributed by atoms with E-state index in [1.165, 1.54) is 0 Å². The zero-order valence-electron chi connectivity index (χ0n) is 11.3. The summed E-state index contributed by atoms with van der Waals surface area (Å²) in [5.74, 6) is 0.520. The van der Waals surface area contributed by atoms with E-state index in [0.29, 0.717) is 11.4 Å². The molecule has 3 N–H and O–H groups in total. The van der Waals surface area contributed by atoms with E-state index in [2.05, 4.69) is 12.2 Å². The lowest BCUT2D eigenvalue weighted by molar-refractivity contribution is -0.123. The number of anilines is 1. The number of nitrogen functional groups attached to an aromatic ring is 1. The third-order valence-electron chi connectivity index (χ3n) is 2.75. The largest absolute Gasteiger partial charge is 0.484 e. The Kier molecular flexibility index (Phi) is 5.49. The molecule has 0 bridgehead atoms. The molecule has 1 rings (SSSR count). The zero-order valence-corrected chi connectivity index (χ0v) is 11.3. The highest BCUT2D eigenvalue weighted by Gasteiger charge is 2.07. The monoisotopic (exact) mass is 250 g/mol. The smallest absolute Gasteiger partial charge is 0.258 e. The van der Waals surface area contributed by atoms with Gasteiger partial charge in [-0.25, -0.2) is 0 Å². The summed E-state index contributed by atoms with van der Waals surface area (Å²) in [6, 6.07) is 5.61. The van der Waals surface area contributed by atoms with Crippen LogP contribution in [0.1, 0.15) is 32.3 Å². The highest BCUT2D eigenvalue weighted by Crippen LogP contribution is 2.18. The molecule has 4 heteroatoms. The maximum Gasteiger partial charge on any atom is 0.258 e. The molecule has 0 saturated carbocycles. The number of rotatable bonds is 6. The van der Waals surface area contributed by atoms with Gasteiger partial charge in [-0.2, -0.15) is 0 Å². The predicted molar refractivity (Wildman–Crippen MR) is 73.6 cm³/mol. The first-order chi connectivity index (χ1) is 8.52. The highest BCUT2D eigenvalue weighted by atomic mass is 16.5.